The molecular formula is C23H23N3O3S. The topological polar surface area (TPSA) is 64.9 Å². The number of hydrogen-bond donors (Lipinski definition) is 1. The van der Waals surface area contributed by atoms with Gasteiger partial charge >= 0.3 is 0 Å². The smallest absolute Gasteiger partial charge is 0.226 e. The summed E-state index contributed by atoms with van der Waals surface area (Å²) in [6, 6.07) is 15.5. The van der Waals surface area contributed by atoms with Crippen LogP contribution in [0.15, 0.2) is 60.1 Å². The van der Waals surface area contributed by atoms with Gasteiger partial charge in [0.15, 0.2) is 4.96 Å². The molecule has 0 aliphatic heterocycles. The monoisotopic (exact) mass is 421 g/mol. The Hall–Kier alpha value is -3.32. The van der Waals surface area contributed by atoms with Crippen molar-refractivity contribution in [3.63, 3.8) is 0 Å². The lowest BCUT2D eigenvalue weighted by Gasteiger charge is -2.14. The van der Waals surface area contributed by atoms with Crippen molar-refractivity contribution in [2.45, 2.75) is 19.4 Å². The Bertz CT molecular complexity index is 1170. The summed E-state index contributed by atoms with van der Waals surface area (Å²) in [7, 11) is 3.26. The van der Waals surface area contributed by atoms with E-state index < -0.39 is 0 Å². The number of carbonyl (C=O) groups is 1. The molecule has 2 heterocycles. The van der Waals surface area contributed by atoms with Gasteiger partial charge in [-0.2, -0.15) is 0 Å². The molecule has 0 spiro atoms. The van der Waals surface area contributed by atoms with Crippen LogP contribution in [0.5, 0.6) is 11.5 Å². The number of nitrogens with one attached hydrogen (secondary N) is 1. The molecule has 1 N–H and O–H groups in total. The molecule has 0 aliphatic rings. The Labute approximate surface area is 179 Å². The molecule has 6 nitrogen and oxygen atoms in total. The van der Waals surface area contributed by atoms with Gasteiger partial charge in [0.2, 0.25) is 5.91 Å². The maximum absolute atomic E-state index is 12.6. The van der Waals surface area contributed by atoms with E-state index in [1.807, 2.05) is 71.4 Å². The maximum Gasteiger partial charge on any atom is 0.226 e. The average Bonchev–Trinajstić information content (AvgIpc) is 3.35. The SMILES string of the molecule is COc1ccc(OC)c(-c2cn3c(CC(=O)NC(C)c4ccccc4)csc3n2)c1. The lowest BCUT2D eigenvalue weighted by atomic mass is 10.1. The van der Waals surface area contributed by atoms with Crippen molar-refractivity contribution in [2.24, 2.45) is 0 Å². The molecule has 1 amide bonds. The molecule has 0 saturated carbocycles. The molecule has 1 unspecified atom stereocenters. The minimum atomic E-state index is -0.0489. The maximum atomic E-state index is 12.6. The summed E-state index contributed by atoms with van der Waals surface area (Å²) in [6.07, 6.45) is 2.22. The number of benzene rings is 2. The van der Waals surface area contributed by atoms with Crippen LogP contribution in [0.3, 0.4) is 0 Å². The van der Waals surface area contributed by atoms with Gasteiger partial charge < -0.3 is 14.8 Å². The molecule has 1 atom stereocenters. The first kappa shape index (κ1) is 20.0. The number of fused-ring (bicyclic) bond motifs is 1. The first-order valence-electron chi connectivity index (χ1n) is 9.61. The van der Waals surface area contributed by atoms with Gasteiger partial charge in [-0.05, 0) is 30.7 Å². The van der Waals surface area contributed by atoms with Gasteiger partial charge in [-0.3, -0.25) is 9.20 Å². The van der Waals surface area contributed by atoms with Crippen molar-refractivity contribution in [2.75, 3.05) is 14.2 Å². The molecule has 30 heavy (non-hydrogen) atoms. The van der Waals surface area contributed by atoms with Crippen LogP contribution in [0.25, 0.3) is 16.2 Å². The molecule has 2 aromatic heterocycles. The Morgan fingerprint density at radius 3 is 2.70 bits per heavy atom. The fourth-order valence-electron chi connectivity index (χ4n) is 3.38. The van der Waals surface area contributed by atoms with E-state index in [2.05, 4.69) is 5.32 Å². The Morgan fingerprint density at radius 1 is 1.17 bits per heavy atom. The summed E-state index contributed by atoms with van der Waals surface area (Å²) >= 11 is 1.51. The number of methoxy groups -OCH3 is 2. The second-order valence-corrected chi connectivity index (χ2v) is 7.79. The minimum Gasteiger partial charge on any atom is -0.497 e. The van der Waals surface area contributed by atoms with Crippen LogP contribution < -0.4 is 14.8 Å². The number of imidazole rings is 1. The average molecular weight is 422 g/mol. The predicted octanol–water partition coefficient (Wildman–Crippen LogP) is 4.50. The van der Waals surface area contributed by atoms with E-state index in [-0.39, 0.29) is 18.4 Å². The van der Waals surface area contributed by atoms with Crippen molar-refractivity contribution in [1.29, 1.82) is 0 Å². The molecule has 7 heteroatoms. The lowest BCUT2D eigenvalue weighted by molar-refractivity contribution is -0.121. The van der Waals surface area contributed by atoms with Crippen molar-refractivity contribution < 1.29 is 14.3 Å². The summed E-state index contributed by atoms with van der Waals surface area (Å²) in [5.74, 6) is 1.43. The Balaban J connectivity index is 1.56. The molecule has 0 saturated heterocycles. The Morgan fingerprint density at radius 2 is 1.97 bits per heavy atom. The van der Waals surface area contributed by atoms with Gasteiger partial charge in [-0.25, -0.2) is 4.98 Å². The van der Waals surface area contributed by atoms with Crippen molar-refractivity contribution >= 4 is 22.2 Å². The fourth-order valence-corrected chi connectivity index (χ4v) is 4.26. The van der Waals surface area contributed by atoms with Crippen LogP contribution in [-0.2, 0) is 11.2 Å². The van der Waals surface area contributed by atoms with Crippen LogP contribution in [0, 0.1) is 0 Å². The summed E-state index contributed by atoms with van der Waals surface area (Å²) < 4.78 is 12.8. The van der Waals surface area contributed by atoms with Crippen LogP contribution in [0.4, 0.5) is 0 Å². The van der Waals surface area contributed by atoms with Crippen LogP contribution >= 0.6 is 11.3 Å². The summed E-state index contributed by atoms with van der Waals surface area (Å²) in [4.78, 5) is 18.2. The zero-order valence-corrected chi connectivity index (χ0v) is 17.9. The number of rotatable bonds is 7. The first-order valence-corrected chi connectivity index (χ1v) is 10.5. The van der Waals surface area contributed by atoms with E-state index in [0.29, 0.717) is 0 Å². The van der Waals surface area contributed by atoms with E-state index in [4.69, 9.17) is 14.5 Å². The molecule has 4 rings (SSSR count). The van der Waals surface area contributed by atoms with Gasteiger partial charge in [0.05, 0.1) is 32.4 Å². The number of thiazole rings is 1. The summed E-state index contributed by atoms with van der Waals surface area (Å²) in [5.41, 5.74) is 3.60. The van der Waals surface area contributed by atoms with E-state index >= 15 is 0 Å². The van der Waals surface area contributed by atoms with Crippen LogP contribution in [0.2, 0.25) is 0 Å². The largest absolute Gasteiger partial charge is 0.497 e. The van der Waals surface area contributed by atoms with E-state index in [1.54, 1.807) is 14.2 Å². The zero-order chi connectivity index (χ0) is 21.1. The molecule has 0 radical (unpaired) electrons. The third kappa shape index (κ3) is 4.02. The zero-order valence-electron chi connectivity index (χ0n) is 17.1. The number of carbonyl (C=O) groups excluding carboxylic acids is 1. The number of amides is 1. The second kappa shape index (κ2) is 8.59. The van der Waals surface area contributed by atoms with E-state index in [9.17, 15) is 4.79 Å². The highest BCUT2D eigenvalue weighted by molar-refractivity contribution is 7.15. The number of ether oxygens (including phenoxy) is 2. The van der Waals surface area contributed by atoms with E-state index in [1.165, 1.54) is 11.3 Å². The van der Waals surface area contributed by atoms with Crippen molar-refractivity contribution in [1.82, 2.24) is 14.7 Å². The van der Waals surface area contributed by atoms with Crippen molar-refractivity contribution in [3.8, 4) is 22.8 Å². The van der Waals surface area contributed by atoms with Gasteiger partial charge in [0, 0.05) is 22.8 Å². The molecule has 2 aromatic carbocycles. The normalized spacial score (nSPS) is 12.0. The Kier molecular flexibility index (Phi) is 5.72. The van der Waals surface area contributed by atoms with Crippen LogP contribution in [0.1, 0.15) is 24.2 Å². The number of hydrogen-bond acceptors (Lipinski definition) is 5. The standard InChI is InChI=1S/C23H23N3O3S/c1-15(16-7-5-4-6-8-16)24-22(27)11-17-14-30-23-25-20(13-26(17)23)19-12-18(28-2)9-10-21(19)29-3/h4-10,12-15H,11H2,1-3H3,(H,24,27). The lowest BCUT2D eigenvalue weighted by Crippen LogP contribution is -2.28. The first-order chi connectivity index (χ1) is 14.6. The summed E-state index contributed by atoms with van der Waals surface area (Å²) in [5, 5.41) is 5.04. The van der Waals surface area contributed by atoms with Gasteiger partial charge in [0.25, 0.3) is 0 Å². The quantitative estimate of drug-likeness (QED) is 0.477. The fraction of sp³-hybridized carbons (Fsp3) is 0.217. The number of nitrogens with zero attached hydrogens (tertiary/aromatic N) is 2. The molecule has 154 valence electrons. The third-order valence-electron chi connectivity index (χ3n) is 4.98. The third-order valence-corrected chi connectivity index (χ3v) is 5.87. The van der Waals surface area contributed by atoms with Gasteiger partial charge in [0.1, 0.15) is 11.5 Å². The highest BCUT2D eigenvalue weighted by Gasteiger charge is 2.17. The minimum absolute atomic E-state index is 0.0275. The second-order valence-electron chi connectivity index (χ2n) is 6.95. The van der Waals surface area contributed by atoms with Crippen LogP contribution in [-0.4, -0.2) is 29.5 Å². The molecular weight excluding hydrogens is 398 g/mol. The van der Waals surface area contributed by atoms with Gasteiger partial charge in [-0.1, -0.05) is 30.3 Å². The molecule has 0 bridgehead atoms. The highest BCUT2D eigenvalue weighted by atomic mass is 32.1. The summed E-state index contributed by atoms with van der Waals surface area (Å²) in [6.45, 7) is 1.99. The molecule has 4 aromatic rings. The highest BCUT2D eigenvalue weighted by Crippen LogP contribution is 2.34. The number of aromatic nitrogens is 2. The van der Waals surface area contributed by atoms with Gasteiger partial charge in [-0.15, -0.1) is 11.3 Å². The van der Waals surface area contributed by atoms with E-state index in [0.717, 1.165) is 39.0 Å². The van der Waals surface area contributed by atoms with Crippen molar-refractivity contribution in [3.05, 3.63) is 71.4 Å². The molecule has 0 fully saturated rings. The predicted molar refractivity (Wildman–Crippen MR) is 118 cm³/mol. The molecule has 0 aliphatic carbocycles.